The van der Waals surface area contributed by atoms with E-state index in [-0.39, 0.29) is 10.7 Å². The van der Waals surface area contributed by atoms with E-state index in [0.717, 1.165) is 10.0 Å². The van der Waals surface area contributed by atoms with Crippen LogP contribution in [-0.4, -0.2) is 23.5 Å². The molecule has 0 atom stereocenters. The van der Waals surface area contributed by atoms with E-state index in [1.54, 1.807) is 30.3 Å². The van der Waals surface area contributed by atoms with E-state index in [9.17, 15) is 9.59 Å². The van der Waals surface area contributed by atoms with Crippen molar-refractivity contribution in [2.75, 3.05) is 11.5 Å². The lowest BCUT2D eigenvalue weighted by Gasteiger charge is -2.30. The fourth-order valence-electron chi connectivity index (χ4n) is 2.74. The lowest BCUT2D eigenvalue weighted by molar-refractivity contribution is -0.122. The van der Waals surface area contributed by atoms with Gasteiger partial charge in [0.25, 0.3) is 11.8 Å². The summed E-state index contributed by atoms with van der Waals surface area (Å²) in [4.78, 5) is 26.8. The van der Waals surface area contributed by atoms with Gasteiger partial charge in [0.15, 0.2) is 5.11 Å². The topological polar surface area (TPSA) is 58.6 Å². The van der Waals surface area contributed by atoms with Crippen molar-refractivity contribution in [1.82, 2.24) is 5.32 Å². The van der Waals surface area contributed by atoms with Crippen molar-refractivity contribution in [3.63, 3.8) is 0 Å². The number of aryl methyl sites for hydroxylation is 1. The second kappa shape index (κ2) is 8.02. The van der Waals surface area contributed by atoms with Gasteiger partial charge in [0.2, 0.25) is 0 Å². The van der Waals surface area contributed by atoms with Crippen LogP contribution in [0.5, 0.6) is 5.75 Å². The molecule has 138 valence electrons. The number of halogens is 1. The molecule has 1 aliphatic rings. The van der Waals surface area contributed by atoms with E-state index in [4.69, 9.17) is 17.0 Å². The molecule has 2 amide bonds. The highest BCUT2D eigenvalue weighted by atomic mass is 79.9. The molecule has 1 fully saturated rings. The highest BCUT2D eigenvalue weighted by molar-refractivity contribution is 9.10. The Hall–Kier alpha value is -2.51. The van der Waals surface area contributed by atoms with E-state index in [1.807, 2.05) is 32.0 Å². The zero-order valence-corrected chi connectivity index (χ0v) is 17.2. The van der Waals surface area contributed by atoms with Gasteiger partial charge in [0.1, 0.15) is 11.3 Å². The van der Waals surface area contributed by atoms with Crippen molar-refractivity contribution < 1.29 is 14.3 Å². The molecule has 1 heterocycles. The third-order valence-electron chi connectivity index (χ3n) is 4.02. The summed E-state index contributed by atoms with van der Waals surface area (Å²) >= 11 is 8.67. The van der Waals surface area contributed by atoms with E-state index in [0.29, 0.717) is 23.6 Å². The number of carbonyl (C=O) groups is 2. The van der Waals surface area contributed by atoms with Gasteiger partial charge in [-0.1, -0.05) is 24.3 Å². The third kappa shape index (κ3) is 3.94. The fourth-order valence-corrected chi connectivity index (χ4v) is 3.52. The molecule has 5 nitrogen and oxygen atoms in total. The molecule has 0 saturated carbocycles. The number of carbonyl (C=O) groups excluding carboxylic acids is 2. The molecule has 27 heavy (non-hydrogen) atoms. The van der Waals surface area contributed by atoms with Gasteiger partial charge in [-0.25, -0.2) is 0 Å². The Morgan fingerprint density at radius 3 is 2.63 bits per heavy atom. The van der Waals surface area contributed by atoms with Gasteiger partial charge in [-0.05, 0) is 77.4 Å². The van der Waals surface area contributed by atoms with Crippen LogP contribution in [0.4, 0.5) is 5.69 Å². The first-order chi connectivity index (χ1) is 12.9. The Labute approximate surface area is 171 Å². The van der Waals surface area contributed by atoms with Crippen LogP contribution in [0.2, 0.25) is 0 Å². The first-order valence-corrected chi connectivity index (χ1v) is 9.52. The minimum absolute atomic E-state index is 0.0166. The van der Waals surface area contributed by atoms with Crippen LogP contribution in [0.1, 0.15) is 18.1 Å². The van der Waals surface area contributed by atoms with Gasteiger partial charge in [0.05, 0.1) is 16.8 Å². The normalized spacial score (nSPS) is 15.9. The number of para-hydroxylation sites is 1. The average Bonchev–Trinajstić information content (AvgIpc) is 2.62. The number of anilines is 1. The summed E-state index contributed by atoms with van der Waals surface area (Å²) in [6.45, 7) is 4.33. The monoisotopic (exact) mass is 444 g/mol. The number of rotatable bonds is 4. The standard InChI is InChI=1S/C20H17BrN2O3S/c1-3-26-17-9-8-13(11-15(17)21)10-14-18(24)22-20(27)23(19(14)25)16-7-5-4-6-12(16)2/h4-11H,3H2,1-2H3,(H,22,24,27)/b14-10+. The summed E-state index contributed by atoms with van der Waals surface area (Å²) in [5.41, 5.74) is 2.24. The minimum Gasteiger partial charge on any atom is -0.493 e. The number of hydrogen-bond donors (Lipinski definition) is 1. The molecule has 0 aromatic heterocycles. The quantitative estimate of drug-likeness (QED) is 0.440. The van der Waals surface area contributed by atoms with Crippen LogP contribution in [-0.2, 0) is 9.59 Å². The Morgan fingerprint density at radius 1 is 1.22 bits per heavy atom. The number of thiocarbonyl (C=S) groups is 1. The SMILES string of the molecule is CCOc1ccc(/C=C2\C(=O)NC(=S)N(c3ccccc3C)C2=O)cc1Br. The molecule has 0 spiro atoms. The predicted octanol–water partition coefficient (Wildman–Crippen LogP) is 3.99. The van der Waals surface area contributed by atoms with Crippen molar-refractivity contribution in [3.05, 3.63) is 63.6 Å². The van der Waals surface area contributed by atoms with E-state index in [2.05, 4.69) is 21.2 Å². The molecule has 0 bridgehead atoms. The summed E-state index contributed by atoms with van der Waals surface area (Å²) < 4.78 is 6.23. The molecule has 0 radical (unpaired) electrons. The van der Waals surface area contributed by atoms with Crippen LogP contribution in [0.25, 0.3) is 6.08 Å². The molecule has 2 aromatic carbocycles. The predicted molar refractivity (Wildman–Crippen MR) is 113 cm³/mol. The number of hydrogen-bond acceptors (Lipinski definition) is 4. The van der Waals surface area contributed by atoms with Gasteiger partial charge in [-0.2, -0.15) is 0 Å². The average molecular weight is 445 g/mol. The molecular weight excluding hydrogens is 428 g/mol. The zero-order valence-electron chi connectivity index (χ0n) is 14.8. The zero-order chi connectivity index (χ0) is 19.6. The molecular formula is C20H17BrN2O3S. The number of nitrogens with zero attached hydrogens (tertiary/aromatic N) is 1. The summed E-state index contributed by atoms with van der Waals surface area (Å²) in [5.74, 6) is -0.273. The van der Waals surface area contributed by atoms with Gasteiger partial charge in [-0.15, -0.1) is 0 Å². The Morgan fingerprint density at radius 2 is 1.96 bits per heavy atom. The second-order valence-electron chi connectivity index (χ2n) is 5.87. The maximum absolute atomic E-state index is 13.0. The molecule has 1 aliphatic heterocycles. The highest BCUT2D eigenvalue weighted by Crippen LogP contribution is 2.28. The van der Waals surface area contributed by atoms with Crippen LogP contribution in [0.3, 0.4) is 0 Å². The summed E-state index contributed by atoms with van der Waals surface area (Å²) in [5, 5.41) is 2.67. The van der Waals surface area contributed by atoms with Gasteiger partial charge < -0.3 is 4.74 Å². The van der Waals surface area contributed by atoms with Crippen LogP contribution in [0, 0.1) is 6.92 Å². The lowest BCUT2D eigenvalue weighted by atomic mass is 10.1. The smallest absolute Gasteiger partial charge is 0.270 e. The van der Waals surface area contributed by atoms with E-state index < -0.39 is 11.8 Å². The Balaban J connectivity index is 2.00. The Bertz CT molecular complexity index is 971. The maximum Gasteiger partial charge on any atom is 0.270 e. The molecule has 1 N–H and O–H groups in total. The van der Waals surface area contributed by atoms with Gasteiger partial charge in [0, 0.05) is 0 Å². The van der Waals surface area contributed by atoms with Crippen molar-refractivity contribution in [2.45, 2.75) is 13.8 Å². The number of benzene rings is 2. The molecule has 0 unspecified atom stereocenters. The lowest BCUT2D eigenvalue weighted by Crippen LogP contribution is -2.54. The number of ether oxygens (including phenoxy) is 1. The number of amides is 2. The number of nitrogens with one attached hydrogen (secondary N) is 1. The Kier molecular flexibility index (Phi) is 5.72. The van der Waals surface area contributed by atoms with E-state index >= 15 is 0 Å². The van der Waals surface area contributed by atoms with Crippen LogP contribution >= 0.6 is 28.1 Å². The first-order valence-electron chi connectivity index (χ1n) is 8.31. The highest BCUT2D eigenvalue weighted by Gasteiger charge is 2.35. The van der Waals surface area contributed by atoms with Crippen molar-refractivity contribution in [2.24, 2.45) is 0 Å². The first kappa shape index (κ1) is 19.3. The molecule has 7 heteroatoms. The molecule has 1 saturated heterocycles. The third-order valence-corrected chi connectivity index (χ3v) is 4.93. The summed E-state index contributed by atoms with van der Waals surface area (Å²) in [6.07, 6.45) is 1.55. The molecule has 2 aromatic rings. The molecule has 0 aliphatic carbocycles. The van der Waals surface area contributed by atoms with Crippen molar-refractivity contribution in [1.29, 1.82) is 0 Å². The van der Waals surface area contributed by atoms with Gasteiger partial charge >= 0.3 is 0 Å². The van der Waals surface area contributed by atoms with Crippen molar-refractivity contribution in [3.8, 4) is 5.75 Å². The summed E-state index contributed by atoms with van der Waals surface area (Å²) in [6, 6.07) is 12.7. The second-order valence-corrected chi connectivity index (χ2v) is 7.11. The summed E-state index contributed by atoms with van der Waals surface area (Å²) in [7, 11) is 0. The van der Waals surface area contributed by atoms with Crippen LogP contribution < -0.4 is 15.0 Å². The minimum atomic E-state index is -0.514. The van der Waals surface area contributed by atoms with Crippen molar-refractivity contribution >= 4 is 56.8 Å². The van der Waals surface area contributed by atoms with Gasteiger partial charge in [-0.3, -0.25) is 19.8 Å². The van der Waals surface area contributed by atoms with E-state index in [1.165, 1.54) is 4.90 Å². The van der Waals surface area contributed by atoms with Crippen LogP contribution in [0.15, 0.2) is 52.5 Å². The maximum atomic E-state index is 13.0. The molecule has 3 rings (SSSR count). The largest absolute Gasteiger partial charge is 0.493 e. The fraction of sp³-hybridized carbons (Fsp3) is 0.150.